The molecule has 4 rings (SSSR count). The molecule has 0 spiro atoms. The van der Waals surface area contributed by atoms with Gasteiger partial charge in [0.1, 0.15) is 5.82 Å². The lowest BCUT2D eigenvalue weighted by Crippen LogP contribution is -2.26. The third kappa shape index (κ3) is 2.98. The van der Waals surface area contributed by atoms with Gasteiger partial charge >= 0.3 is 0 Å². The number of nitrogen functional groups attached to an aromatic ring is 1. The molecule has 3 aromatic heterocycles. The van der Waals surface area contributed by atoms with Crippen LogP contribution in [0.15, 0.2) is 21.2 Å². The van der Waals surface area contributed by atoms with Crippen molar-refractivity contribution < 1.29 is 13.4 Å². The Kier molecular flexibility index (Phi) is 4.02. The van der Waals surface area contributed by atoms with Gasteiger partial charge in [0.15, 0.2) is 5.52 Å². The van der Waals surface area contributed by atoms with Gasteiger partial charge in [-0.2, -0.15) is 0 Å². The van der Waals surface area contributed by atoms with Crippen molar-refractivity contribution in [2.45, 2.75) is 25.7 Å². The minimum Gasteiger partial charge on any atom is -0.396 e. The number of alkyl halides is 2. The monoisotopic (exact) mass is 424 g/mol. The first-order chi connectivity index (χ1) is 12.3. The van der Waals surface area contributed by atoms with E-state index in [-0.39, 0.29) is 19.5 Å². The van der Waals surface area contributed by atoms with E-state index in [1.807, 2.05) is 19.1 Å². The highest BCUT2D eigenvalue weighted by Gasteiger charge is 2.39. The molecule has 0 bridgehead atoms. The average Bonchev–Trinajstić information content (AvgIpc) is 3.19. The van der Waals surface area contributed by atoms with Gasteiger partial charge in [0.25, 0.3) is 5.92 Å². The second-order valence-electron chi connectivity index (χ2n) is 6.34. The van der Waals surface area contributed by atoms with E-state index in [9.17, 15) is 8.78 Å². The molecule has 0 atom stereocenters. The van der Waals surface area contributed by atoms with E-state index >= 15 is 0 Å². The summed E-state index contributed by atoms with van der Waals surface area (Å²) < 4.78 is 32.5. The molecule has 26 heavy (non-hydrogen) atoms. The van der Waals surface area contributed by atoms with Crippen LogP contribution >= 0.6 is 15.9 Å². The summed E-state index contributed by atoms with van der Waals surface area (Å²) in [7, 11) is 0. The van der Waals surface area contributed by atoms with Gasteiger partial charge in [0.2, 0.25) is 5.65 Å². The fraction of sp³-hybridized carbons (Fsp3) is 0.375. The molecule has 0 amide bonds. The van der Waals surface area contributed by atoms with Crippen LogP contribution in [0.3, 0.4) is 0 Å². The topological polar surface area (TPSA) is 94.0 Å². The predicted octanol–water partition coefficient (Wildman–Crippen LogP) is 3.10. The first-order valence-corrected chi connectivity index (χ1v) is 8.79. The van der Waals surface area contributed by atoms with Crippen molar-refractivity contribution in [1.29, 1.82) is 0 Å². The molecule has 1 aliphatic rings. The van der Waals surface area contributed by atoms with Crippen LogP contribution in [0.1, 0.15) is 23.4 Å². The molecule has 2 N–H and O–H groups in total. The minimum absolute atomic E-state index is 0.169. The number of pyridine rings is 2. The Hall–Kier alpha value is -2.36. The van der Waals surface area contributed by atoms with Gasteiger partial charge in [-0.3, -0.25) is 0 Å². The molecule has 3 aromatic rings. The number of nitrogens with zero attached hydrogens (tertiary/aromatic N) is 5. The van der Waals surface area contributed by atoms with Crippen molar-refractivity contribution in [1.82, 2.24) is 20.3 Å². The molecule has 0 aliphatic carbocycles. The highest BCUT2D eigenvalue weighted by Crippen LogP contribution is 2.34. The summed E-state index contributed by atoms with van der Waals surface area (Å²) in [5.74, 6) is -2.18. The van der Waals surface area contributed by atoms with Crippen LogP contribution in [0.4, 0.5) is 20.3 Å². The summed E-state index contributed by atoms with van der Waals surface area (Å²) in [6.45, 7) is 1.75. The lowest BCUT2D eigenvalue weighted by Gasteiger charge is -2.19. The number of halogens is 3. The number of hydrogen-bond donors (Lipinski definition) is 1. The van der Waals surface area contributed by atoms with E-state index in [1.165, 1.54) is 0 Å². The lowest BCUT2D eigenvalue weighted by molar-refractivity contribution is 0.0256. The fourth-order valence-electron chi connectivity index (χ4n) is 3.10. The number of rotatable bonds is 3. The van der Waals surface area contributed by atoms with Crippen LogP contribution in [0.2, 0.25) is 0 Å². The molecule has 136 valence electrons. The molecule has 1 saturated heterocycles. The highest BCUT2D eigenvalue weighted by molar-refractivity contribution is 9.10. The zero-order chi connectivity index (χ0) is 18.5. The summed E-state index contributed by atoms with van der Waals surface area (Å²) in [4.78, 5) is 10.5. The van der Waals surface area contributed by atoms with E-state index in [2.05, 4.69) is 40.8 Å². The first kappa shape index (κ1) is 17.1. The minimum atomic E-state index is -2.69. The smallest absolute Gasteiger partial charge is 0.266 e. The first-order valence-electron chi connectivity index (χ1n) is 7.99. The molecule has 0 unspecified atom stereocenters. The van der Waals surface area contributed by atoms with Crippen LogP contribution < -0.4 is 10.6 Å². The zero-order valence-corrected chi connectivity index (χ0v) is 15.4. The third-order valence-corrected chi connectivity index (χ3v) is 5.09. The molecular formula is C16H15BrF2N6O. The molecule has 1 aliphatic heterocycles. The van der Waals surface area contributed by atoms with E-state index in [0.29, 0.717) is 45.0 Å². The number of anilines is 2. The molecule has 4 heterocycles. The molecule has 7 nitrogen and oxygen atoms in total. The maximum absolute atomic E-state index is 13.6. The Balaban J connectivity index is 1.68. The fourth-order valence-corrected chi connectivity index (χ4v) is 3.57. The van der Waals surface area contributed by atoms with Gasteiger partial charge in [-0.15, -0.1) is 0 Å². The van der Waals surface area contributed by atoms with Crippen molar-refractivity contribution in [2.75, 3.05) is 23.7 Å². The van der Waals surface area contributed by atoms with Gasteiger partial charge in [-0.1, -0.05) is 0 Å². The van der Waals surface area contributed by atoms with Crippen LogP contribution in [-0.4, -0.2) is 39.3 Å². The van der Waals surface area contributed by atoms with Crippen LogP contribution in [0, 0.1) is 6.92 Å². The Morgan fingerprint density at radius 1 is 1.31 bits per heavy atom. The maximum Gasteiger partial charge on any atom is 0.266 e. The number of aromatic nitrogens is 4. The quantitative estimate of drug-likeness (QED) is 0.689. The van der Waals surface area contributed by atoms with Crippen molar-refractivity contribution in [2.24, 2.45) is 0 Å². The highest BCUT2D eigenvalue weighted by atomic mass is 79.9. The average molecular weight is 425 g/mol. The Bertz CT molecular complexity index is 992. The van der Waals surface area contributed by atoms with Crippen molar-refractivity contribution in [3.63, 3.8) is 0 Å². The van der Waals surface area contributed by atoms with Crippen LogP contribution in [0.25, 0.3) is 11.2 Å². The summed E-state index contributed by atoms with van der Waals surface area (Å²) in [6, 6.07) is 3.63. The summed E-state index contributed by atoms with van der Waals surface area (Å²) >= 11 is 3.40. The predicted molar refractivity (Wildman–Crippen MR) is 95.3 cm³/mol. The van der Waals surface area contributed by atoms with E-state index in [1.54, 1.807) is 4.90 Å². The van der Waals surface area contributed by atoms with Crippen molar-refractivity contribution in [3.05, 3.63) is 33.6 Å². The van der Waals surface area contributed by atoms with E-state index < -0.39 is 5.92 Å². The van der Waals surface area contributed by atoms with Gasteiger partial charge in [-0.25, -0.2) is 23.4 Å². The summed E-state index contributed by atoms with van der Waals surface area (Å²) in [5, 5.41) is 7.48. The largest absolute Gasteiger partial charge is 0.396 e. The van der Waals surface area contributed by atoms with Crippen LogP contribution in [0.5, 0.6) is 0 Å². The number of fused-ring (bicyclic) bond motifs is 1. The van der Waals surface area contributed by atoms with Crippen LogP contribution in [-0.2, 0) is 6.42 Å². The van der Waals surface area contributed by atoms with Crippen molar-refractivity contribution >= 4 is 38.6 Å². The second-order valence-corrected chi connectivity index (χ2v) is 7.19. The summed E-state index contributed by atoms with van der Waals surface area (Å²) in [5.41, 5.74) is 9.55. The normalized spacial score (nSPS) is 16.5. The molecular weight excluding hydrogens is 410 g/mol. The SMILES string of the molecule is Cc1nc2nonc2c(N)c1Cc1ccc(Br)c(N2CCC(F)(F)C2)n1. The van der Waals surface area contributed by atoms with Gasteiger partial charge in [-0.05, 0) is 45.3 Å². The van der Waals surface area contributed by atoms with E-state index in [4.69, 9.17) is 5.73 Å². The Morgan fingerprint density at radius 3 is 2.85 bits per heavy atom. The molecule has 0 radical (unpaired) electrons. The molecule has 1 fully saturated rings. The van der Waals surface area contributed by atoms with E-state index in [0.717, 1.165) is 5.56 Å². The molecule has 10 heteroatoms. The molecule has 0 aromatic carbocycles. The third-order valence-electron chi connectivity index (χ3n) is 4.47. The van der Waals surface area contributed by atoms with Crippen molar-refractivity contribution in [3.8, 4) is 0 Å². The number of hydrogen-bond acceptors (Lipinski definition) is 7. The second kappa shape index (κ2) is 6.11. The summed E-state index contributed by atoms with van der Waals surface area (Å²) in [6.07, 6.45) is 0.231. The number of aryl methyl sites for hydroxylation is 1. The standard InChI is InChI=1S/C16H15BrF2N6O/c1-8-10(12(20)13-14(21-8)24-26-23-13)6-9-2-3-11(17)15(22-9)25-5-4-16(18,19)7-25/h2-3H,4-7,20H2,1H3. The Morgan fingerprint density at radius 2 is 2.12 bits per heavy atom. The number of nitrogens with two attached hydrogens (primary N) is 1. The Labute approximate surface area is 155 Å². The lowest BCUT2D eigenvalue weighted by atomic mass is 10.1. The molecule has 0 saturated carbocycles. The zero-order valence-electron chi connectivity index (χ0n) is 13.8. The maximum atomic E-state index is 13.6. The van der Waals surface area contributed by atoms with Gasteiger partial charge in [0, 0.05) is 36.3 Å². The van der Waals surface area contributed by atoms with Gasteiger partial charge < -0.3 is 10.6 Å². The van der Waals surface area contributed by atoms with Gasteiger partial charge in [0.05, 0.1) is 16.7 Å².